The molecule has 1 aliphatic rings. The Labute approximate surface area is 187 Å². The number of methoxy groups -OCH3 is 1. The van der Waals surface area contributed by atoms with Crippen LogP contribution in [0.3, 0.4) is 0 Å². The molecule has 0 aromatic heterocycles. The van der Waals surface area contributed by atoms with E-state index < -0.39 is 12.5 Å². The highest BCUT2D eigenvalue weighted by atomic mass is 19.3. The molecule has 1 heterocycles. The van der Waals surface area contributed by atoms with Gasteiger partial charge in [-0.25, -0.2) is 0 Å². The predicted molar refractivity (Wildman–Crippen MR) is 115 cm³/mol. The minimum Gasteiger partial charge on any atom is -0.493 e. The van der Waals surface area contributed by atoms with Gasteiger partial charge in [0, 0.05) is 17.3 Å². The molecular weight excluding hydrogens is 434 g/mol. The van der Waals surface area contributed by atoms with Crippen molar-refractivity contribution in [3.8, 4) is 11.5 Å². The van der Waals surface area contributed by atoms with Crippen molar-refractivity contribution < 1.29 is 32.6 Å². The highest BCUT2D eigenvalue weighted by Crippen LogP contribution is 2.31. The van der Waals surface area contributed by atoms with Gasteiger partial charge in [0.25, 0.3) is 17.7 Å². The highest BCUT2D eigenvalue weighted by Gasteiger charge is 2.34. The van der Waals surface area contributed by atoms with E-state index in [1.165, 1.54) is 25.3 Å². The Morgan fingerprint density at radius 3 is 2.15 bits per heavy atom. The van der Waals surface area contributed by atoms with Crippen molar-refractivity contribution in [3.63, 3.8) is 0 Å². The molecule has 0 unspecified atom stereocenters. The van der Waals surface area contributed by atoms with Gasteiger partial charge in [-0.1, -0.05) is 24.3 Å². The van der Waals surface area contributed by atoms with Gasteiger partial charge in [0.05, 0.1) is 24.8 Å². The fraction of sp³-hybridized carbons (Fsp3) is 0.125. The van der Waals surface area contributed by atoms with Crippen molar-refractivity contribution in [2.45, 2.75) is 13.2 Å². The number of nitrogens with one attached hydrogen (secondary N) is 1. The van der Waals surface area contributed by atoms with Crippen molar-refractivity contribution in [2.24, 2.45) is 0 Å². The molecule has 33 heavy (non-hydrogen) atoms. The first-order valence-corrected chi connectivity index (χ1v) is 9.85. The second-order valence-corrected chi connectivity index (χ2v) is 7.14. The van der Waals surface area contributed by atoms with E-state index in [-0.39, 0.29) is 35.5 Å². The van der Waals surface area contributed by atoms with Gasteiger partial charge < -0.3 is 14.8 Å². The lowest BCUT2D eigenvalue weighted by Gasteiger charge is -2.14. The number of carbonyl (C=O) groups is 3. The Balaban J connectivity index is 1.44. The van der Waals surface area contributed by atoms with Gasteiger partial charge in [0.1, 0.15) is 0 Å². The summed E-state index contributed by atoms with van der Waals surface area (Å²) in [5, 5.41) is 2.60. The van der Waals surface area contributed by atoms with Gasteiger partial charge in [0.2, 0.25) is 0 Å². The molecule has 3 aromatic rings. The SMILES string of the molecule is COc1ccc(NC(=O)c2ccc(CN3C(=O)c4ccccc4C3=O)cc2)cc1OC(F)F. The number of amides is 3. The number of rotatable bonds is 7. The molecule has 0 saturated heterocycles. The summed E-state index contributed by atoms with van der Waals surface area (Å²) >= 11 is 0. The number of benzene rings is 3. The molecular formula is C24H18F2N2O5. The first-order chi connectivity index (χ1) is 15.9. The summed E-state index contributed by atoms with van der Waals surface area (Å²) < 4.78 is 34.6. The fourth-order valence-electron chi connectivity index (χ4n) is 3.47. The smallest absolute Gasteiger partial charge is 0.387 e. The summed E-state index contributed by atoms with van der Waals surface area (Å²) in [7, 11) is 1.31. The maximum atomic E-state index is 12.6. The average Bonchev–Trinajstić information content (AvgIpc) is 3.04. The zero-order chi connectivity index (χ0) is 23.5. The Morgan fingerprint density at radius 1 is 0.939 bits per heavy atom. The van der Waals surface area contributed by atoms with Gasteiger partial charge in [0.15, 0.2) is 11.5 Å². The lowest BCUT2D eigenvalue weighted by molar-refractivity contribution is -0.0511. The van der Waals surface area contributed by atoms with E-state index in [4.69, 9.17) is 4.74 Å². The topological polar surface area (TPSA) is 84.9 Å². The second-order valence-electron chi connectivity index (χ2n) is 7.14. The molecule has 3 amide bonds. The number of ether oxygens (including phenoxy) is 2. The summed E-state index contributed by atoms with van der Waals surface area (Å²) in [5.74, 6) is -1.31. The first kappa shape index (κ1) is 21.9. The van der Waals surface area contributed by atoms with Crippen LogP contribution in [-0.2, 0) is 6.54 Å². The normalized spacial score (nSPS) is 12.7. The third-order valence-corrected chi connectivity index (χ3v) is 5.07. The number of hydrogen-bond donors (Lipinski definition) is 1. The Kier molecular flexibility index (Phi) is 6.03. The molecule has 9 heteroatoms. The minimum absolute atomic E-state index is 0.0705. The van der Waals surface area contributed by atoms with Gasteiger partial charge in [-0.05, 0) is 42.0 Å². The number of fused-ring (bicyclic) bond motifs is 1. The maximum absolute atomic E-state index is 12.6. The number of anilines is 1. The third-order valence-electron chi connectivity index (χ3n) is 5.07. The van der Waals surface area contributed by atoms with Crippen LogP contribution >= 0.6 is 0 Å². The number of hydrogen-bond acceptors (Lipinski definition) is 5. The predicted octanol–water partition coefficient (Wildman–Crippen LogP) is 4.35. The van der Waals surface area contributed by atoms with Crippen LogP contribution in [0.15, 0.2) is 66.7 Å². The average molecular weight is 452 g/mol. The van der Waals surface area contributed by atoms with Gasteiger partial charge >= 0.3 is 6.61 Å². The van der Waals surface area contributed by atoms with E-state index in [0.717, 1.165) is 4.90 Å². The molecule has 0 aliphatic carbocycles. The summed E-state index contributed by atoms with van der Waals surface area (Å²) in [6.45, 7) is -2.97. The number of nitrogens with zero attached hydrogens (tertiary/aromatic N) is 1. The van der Waals surface area contributed by atoms with E-state index >= 15 is 0 Å². The molecule has 0 atom stereocenters. The van der Waals surface area contributed by atoms with Crippen LogP contribution in [0, 0.1) is 0 Å². The van der Waals surface area contributed by atoms with E-state index in [0.29, 0.717) is 22.3 Å². The zero-order valence-electron chi connectivity index (χ0n) is 17.4. The monoisotopic (exact) mass is 452 g/mol. The second kappa shape index (κ2) is 9.07. The number of alkyl halides is 2. The molecule has 0 radical (unpaired) electrons. The summed E-state index contributed by atoms with van der Waals surface area (Å²) in [4.78, 5) is 38.7. The lowest BCUT2D eigenvalue weighted by atomic mass is 10.1. The van der Waals surface area contributed by atoms with Crippen LogP contribution in [0.4, 0.5) is 14.5 Å². The Bertz CT molecular complexity index is 1190. The summed E-state index contributed by atoms with van der Waals surface area (Å²) in [5.41, 5.74) is 1.94. The van der Waals surface area contributed by atoms with Crippen LogP contribution in [0.25, 0.3) is 0 Å². The van der Waals surface area contributed by atoms with Gasteiger partial charge in [-0.15, -0.1) is 0 Å². The van der Waals surface area contributed by atoms with Gasteiger partial charge in [-0.3, -0.25) is 19.3 Å². The van der Waals surface area contributed by atoms with Crippen LogP contribution in [-0.4, -0.2) is 36.3 Å². The standard InChI is InChI=1S/C24H18F2N2O5/c1-32-19-11-10-16(12-20(19)33-24(25)26)27-21(29)15-8-6-14(7-9-15)13-28-22(30)17-4-2-3-5-18(17)23(28)31/h2-12,24H,13H2,1H3,(H,27,29). The molecule has 1 aliphatic heterocycles. The third kappa shape index (κ3) is 4.52. The van der Waals surface area contributed by atoms with Crippen LogP contribution < -0.4 is 14.8 Å². The van der Waals surface area contributed by atoms with E-state index in [1.807, 2.05) is 0 Å². The van der Waals surface area contributed by atoms with Crippen molar-refractivity contribution >= 4 is 23.4 Å². The lowest BCUT2D eigenvalue weighted by Crippen LogP contribution is -2.29. The van der Waals surface area contributed by atoms with E-state index in [1.54, 1.807) is 48.5 Å². The first-order valence-electron chi connectivity index (χ1n) is 9.85. The summed E-state index contributed by atoms with van der Waals surface area (Å²) in [6.07, 6.45) is 0. The van der Waals surface area contributed by atoms with Crippen molar-refractivity contribution in [3.05, 3.63) is 89.0 Å². The molecule has 0 fully saturated rings. The number of halogens is 2. The fourth-order valence-corrected chi connectivity index (χ4v) is 3.47. The van der Waals surface area contributed by atoms with E-state index in [9.17, 15) is 23.2 Å². The van der Waals surface area contributed by atoms with Crippen LogP contribution in [0.1, 0.15) is 36.6 Å². The molecule has 0 saturated carbocycles. The molecule has 3 aromatic carbocycles. The molecule has 7 nitrogen and oxygen atoms in total. The highest BCUT2D eigenvalue weighted by molar-refractivity contribution is 6.21. The van der Waals surface area contributed by atoms with Crippen molar-refractivity contribution in [1.29, 1.82) is 0 Å². The summed E-state index contributed by atoms with van der Waals surface area (Å²) in [6, 6.07) is 17.1. The number of imide groups is 1. The largest absolute Gasteiger partial charge is 0.493 e. The zero-order valence-corrected chi connectivity index (χ0v) is 17.4. The van der Waals surface area contributed by atoms with Crippen molar-refractivity contribution in [2.75, 3.05) is 12.4 Å². The van der Waals surface area contributed by atoms with Crippen LogP contribution in [0.5, 0.6) is 11.5 Å². The van der Waals surface area contributed by atoms with Crippen LogP contribution in [0.2, 0.25) is 0 Å². The quantitative estimate of drug-likeness (QED) is 0.539. The molecule has 168 valence electrons. The molecule has 1 N–H and O–H groups in total. The molecule has 0 spiro atoms. The molecule has 4 rings (SSSR count). The Hall–Kier alpha value is -4.27. The maximum Gasteiger partial charge on any atom is 0.387 e. The molecule has 0 bridgehead atoms. The Morgan fingerprint density at radius 2 is 1.58 bits per heavy atom. The number of carbonyl (C=O) groups excluding carboxylic acids is 3. The minimum atomic E-state index is -3.04. The van der Waals surface area contributed by atoms with Crippen molar-refractivity contribution in [1.82, 2.24) is 4.90 Å². The van der Waals surface area contributed by atoms with E-state index in [2.05, 4.69) is 10.1 Å². The van der Waals surface area contributed by atoms with Gasteiger partial charge in [-0.2, -0.15) is 8.78 Å².